The number of carbonyl (C=O) groups excluding carboxylic acids is 1. The number of hydrogen-bond acceptors (Lipinski definition) is 3. The van der Waals surface area contributed by atoms with E-state index in [4.69, 9.17) is 11.6 Å². The zero-order chi connectivity index (χ0) is 24.2. The van der Waals surface area contributed by atoms with Crippen LogP contribution in [0, 0.1) is 12.7 Å². The summed E-state index contributed by atoms with van der Waals surface area (Å²) in [4.78, 5) is 12.9. The highest BCUT2D eigenvalue weighted by Gasteiger charge is 2.29. The number of carbonyl (C=O) groups is 1. The van der Waals surface area contributed by atoms with Gasteiger partial charge in [0.25, 0.3) is 0 Å². The van der Waals surface area contributed by atoms with Crippen molar-refractivity contribution in [3.05, 3.63) is 98.7 Å². The van der Waals surface area contributed by atoms with E-state index in [9.17, 15) is 17.6 Å². The maximum atomic E-state index is 14.4. The van der Waals surface area contributed by atoms with E-state index in [1.165, 1.54) is 30.3 Å². The lowest BCUT2D eigenvalue weighted by atomic mass is 10.1. The van der Waals surface area contributed by atoms with Crippen molar-refractivity contribution in [1.29, 1.82) is 0 Å². The van der Waals surface area contributed by atoms with Gasteiger partial charge in [0.1, 0.15) is 5.82 Å². The molecule has 3 aromatic carbocycles. The lowest BCUT2D eigenvalue weighted by Gasteiger charge is -2.24. The molecule has 1 N–H and O–H groups in total. The molecule has 1 atom stereocenters. The van der Waals surface area contributed by atoms with Gasteiger partial charge in [-0.05, 0) is 55.8 Å². The first-order valence-corrected chi connectivity index (χ1v) is 12.7. The van der Waals surface area contributed by atoms with Gasteiger partial charge >= 0.3 is 0 Å². The van der Waals surface area contributed by atoms with Gasteiger partial charge in [-0.3, -0.25) is 4.79 Å². The number of sulfonamides is 1. The SMILES string of the molecule is Cc1ccc(S(=O)(=O)N(CC(=O)N[C@H](C)c2ccc(Br)cc2)Cc2c(F)cccc2Cl)cc1. The van der Waals surface area contributed by atoms with Crippen LogP contribution in [-0.4, -0.2) is 25.2 Å². The average molecular weight is 554 g/mol. The van der Waals surface area contributed by atoms with Gasteiger partial charge in [-0.25, -0.2) is 12.8 Å². The molecular formula is C24H23BrClFN2O3S. The van der Waals surface area contributed by atoms with Gasteiger partial charge in [0, 0.05) is 21.6 Å². The summed E-state index contributed by atoms with van der Waals surface area (Å²) in [6.07, 6.45) is 0. The number of rotatable bonds is 8. The fourth-order valence-corrected chi connectivity index (χ4v) is 5.08. The Morgan fingerprint density at radius 1 is 1.09 bits per heavy atom. The maximum Gasteiger partial charge on any atom is 0.243 e. The second kappa shape index (κ2) is 10.8. The maximum absolute atomic E-state index is 14.4. The molecule has 0 aliphatic heterocycles. The van der Waals surface area contributed by atoms with Gasteiger partial charge in [-0.15, -0.1) is 0 Å². The quantitative estimate of drug-likeness (QED) is 0.394. The van der Waals surface area contributed by atoms with Gasteiger partial charge < -0.3 is 5.32 Å². The third-order valence-electron chi connectivity index (χ3n) is 5.12. The second-order valence-electron chi connectivity index (χ2n) is 7.63. The van der Waals surface area contributed by atoms with E-state index in [0.29, 0.717) is 0 Å². The molecule has 0 saturated heterocycles. The summed E-state index contributed by atoms with van der Waals surface area (Å²) in [5.41, 5.74) is 1.75. The summed E-state index contributed by atoms with van der Waals surface area (Å²) in [6, 6.07) is 17.4. The van der Waals surface area contributed by atoms with E-state index in [1.54, 1.807) is 19.1 Å². The number of aryl methyl sites for hydroxylation is 1. The van der Waals surface area contributed by atoms with Crippen LogP contribution in [-0.2, 0) is 21.4 Å². The van der Waals surface area contributed by atoms with Gasteiger partial charge in [0.05, 0.1) is 17.5 Å². The average Bonchev–Trinajstić information content (AvgIpc) is 2.76. The molecule has 0 bridgehead atoms. The summed E-state index contributed by atoms with van der Waals surface area (Å²) < 4.78 is 43.0. The molecule has 0 radical (unpaired) electrons. The van der Waals surface area contributed by atoms with Gasteiger partial charge in [-0.1, -0.05) is 63.4 Å². The van der Waals surface area contributed by atoms with Crippen molar-refractivity contribution in [2.75, 3.05) is 6.54 Å². The molecular weight excluding hydrogens is 531 g/mol. The standard InChI is InChI=1S/C24H23BrClFN2O3S/c1-16-6-12-20(13-7-16)33(31,32)29(14-21-22(26)4-3-5-23(21)27)15-24(30)28-17(2)18-8-10-19(25)11-9-18/h3-13,17H,14-15H2,1-2H3,(H,28,30)/t17-/m1/s1. The molecule has 174 valence electrons. The minimum absolute atomic E-state index is 0.00334. The van der Waals surface area contributed by atoms with Gasteiger partial charge in [0.15, 0.2) is 0 Å². The van der Waals surface area contributed by atoms with Gasteiger partial charge in [-0.2, -0.15) is 4.31 Å². The van der Waals surface area contributed by atoms with Gasteiger partial charge in [0.2, 0.25) is 15.9 Å². The number of hydrogen-bond donors (Lipinski definition) is 1. The molecule has 0 aliphatic rings. The summed E-state index contributed by atoms with van der Waals surface area (Å²) in [5, 5.41) is 2.89. The largest absolute Gasteiger partial charge is 0.348 e. The third kappa shape index (κ3) is 6.41. The van der Waals surface area contributed by atoms with E-state index in [2.05, 4.69) is 21.2 Å². The van der Waals surface area contributed by atoms with Crippen LogP contribution in [0.25, 0.3) is 0 Å². The molecule has 33 heavy (non-hydrogen) atoms. The first-order valence-electron chi connectivity index (χ1n) is 10.1. The number of amides is 1. The lowest BCUT2D eigenvalue weighted by Crippen LogP contribution is -2.41. The molecule has 0 saturated carbocycles. The summed E-state index contributed by atoms with van der Waals surface area (Å²) >= 11 is 9.51. The minimum Gasteiger partial charge on any atom is -0.348 e. The van der Waals surface area contributed by atoms with E-state index < -0.39 is 28.3 Å². The fourth-order valence-electron chi connectivity index (χ4n) is 3.23. The van der Waals surface area contributed by atoms with Crippen LogP contribution >= 0.6 is 27.5 Å². The summed E-state index contributed by atoms with van der Waals surface area (Å²) in [5.74, 6) is -1.16. The zero-order valence-electron chi connectivity index (χ0n) is 18.1. The molecule has 3 rings (SSSR count). The van der Waals surface area contributed by atoms with E-state index in [-0.39, 0.29) is 28.1 Å². The molecule has 0 unspecified atom stereocenters. The fraction of sp³-hybridized carbons (Fsp3) is 0.208. The molecule has 0 fully saturated rings. The van der Waals surface area contributed by atoms with E-state index in [0.717, 1.165) is 19.9 Å². The summed E-state index contributed by atoms with van der Waals surface area (Å²) in [7, 11) is -4.11. The smallest absolute Gasteiger partial charge is 0.243 e. The Kier molecular flexibility index (Phi) is 8.28. The Hall–Kier alpha value is -2.26. The van der Waals surface area contributed by atoms with Crippen LogP contribution in [0.1, 0.15) is 29.7 Å². The molecule has 0 aromatic heterocycles. The number of nitrogens with zero attached hydrogens (tertiary/aromatic N) is 1. The molecule has 0 spiro atoms. The normalized spacial score (nSPS) is 12.5. The van der Waals surface area contributed by atoms with Crippen LogP contribution in [0.3, 0.4) is 0 Å². The van der Waals surface area contributed by atoms with Crippen molar-refractivity contribution in [2.45, 2.75) is 31.3 Å². The monoisotopic (exact) mass is 552 g/mol. The Morgan fingerprint density at radius 2 is 1.73 bits per heavy atom. The van der Waals surface area contributed by atoms with Crippen molar-refractivity contribution >= 4 is 43.5 Å². The minimum atomic E-state index is -4.11. The zero-order valence-corrected chi connectivity index (χ0v) is 21.2. The van der Waals surface area contributed by atoms with Crippen molar-refractivity contribution in [2.24, 2.45) is 0 Å². The number of halogens is 3. The van der Waals surface area contributed by atoms with Crippen LogP contribution in [0.2, 0.25) is 5.02 Å². The number of benzene rings is 3. The topological polar surface area (TPSA) is 66.5 Å². The van der Waals surface area contributed by atoms with Crippen molar-refractivity contribution < 1.29 is 17.6 Å². The first-order chi connectivity index (χ1) is 15.6. The molecule has 0 heterocycles. The van der Waals surface area contributed by atoms with Crippen LogP contribution in [0.15, 0.2) is 76.1 Å². The molecule has 1 amide bonds. The second-order valence-corrected chi connectivity index (χ2v) is 10.9. The van der Waals surface area contributed by atoms with E-state index >= 15 is 0 Å². The predicted octanol–water partition coefficient (Wildman–Crippen LogP) is 5.62. The molecule has 5 nitrogen and oxygen atoms in total. The highest BCUT2D eigenvalue weighted by molar-refractivity contribution is 9.10. The Morgan fingerprint density at radius 3 is 2.33 bits per heavy atom. The third-order valence-corrected chi connectivity index (χ3v) is 7.81. The van der Waals surface area contributed by atoms with Crippen LogP contribution in [0.5, 0.6) is 0 Å². The Balaban J connectivity index is 1.88. The molecule has 9 heteroatoms. The molecule has 0 aliphatic carbocycles. The summed E-state index contributed by atoms with van der Waals surface area (Å²) in [6.45, 7) is 2.75. The van der Waals surface area contributed by atoms with E-state index in [1.807, 2.05) is 31.2 Å². The van der Waals surface area contributed by atoms with Crippen LogP contribution in [0.4, 0.5) is 4.39 Å². The Bertz CT molecular complexity index is 1220. The Labute approximate surface area is 206 Å². The van der Waals surface area contributed by atoms with Crippen LogP contribution < -0.4 is 5.32 Å². The lowest BCUT2D eigenvalue weighted by molar-refractivity contribution is -0.122. The predicted molar refractivity (Wildman–Crippen MR) is 131 cm³/mol. The van der Waals surface area contributed by atoms with Crippen molar-refractivity contribution in [3.8, 4) is 0 Å². The van der Waals surface area contributed by atoms with Crippen molar-refractivity contribution in [1.82, 2.24) is 9.62 Å². The highest BCUT2D eigenvalue weighted by Crippen LogP contribution is 2.25. The molecule has 3 aromatic rings. The highest BCUT2D eigenvalue weighted by atomic mass is 79.9. The number of nitrogens with one attached hydrogen (secondary N) is 1. The van der Waals surface area contributed by atoms with Crippen molar-refractivity contribution in [3.63, 3.8) is 0 Å². The first kappa shape index (κ1) is 25.4.